The molecule has 0 spiro atoms. The third-order valence-corrected chi connectivity index (χ3v) is 17.2. The zero-order valence-corrected chi connectivity index (χ0v) is 46.6. The lowest BCUT2D eigenvalue weighted by molar-refractivity contribution is 0.952. The van der Waals surface area contributed by atoms with Crippen LogP contribution in [0.25, 0.3) is 117 Å². The van der Waals surface area contributed by atoms with Crippen molar-refractivity contribution in [2.45, 2.75) is 92.9 Å². The van der Waals surface area contributed by atoms with Gasteiger partial charge >= 0.3 is 0 Å². The van der Waals surface area contributed by atoms with Crippen LogP contribution >= 0.6 is 0 Å². The van der Waals surface area contributed by atoms with Crippen molar-refractivity contribution >= 4 is 39.1 Å². The second-order valence-corrected chi connectivity index (χ2v) is 21.0. The van der Waals surface area contributed by atoms with Gasteiger partial charge in [0, 0.05) is 5.92 Å². The van der Waals surface area contributed by atoms with Crippen LogP contribution in [0.15, 0.2) is 190 Å². The topological polar surface area (TPSA) is 23.8 Å². The third-order valence-electron chi connectivity index (χ3n) is 17.2. The Morgan fingerprint density at radius 3 is 1.91 bits per heavy atom. The highest BCUT2D eigenvalue weighted by Gasteiger charge is 2.39. The monoisotopic (exact) mass is 1010 g/mol. The summed E-state index contributed by atoms with van der Waals surface area (Å²) in [7, 11) is 0. The molecule has 382 valence electrons. The van der Waals surface area contributed by atoms with Crippen LogP contribution in [0.1, 0.15) is 123 Å². The number of benzene rings is 8. The molecule has 78 heavy (non-hydrogen) atoms. The van der Waals surface area contributed by atoms with Gasteiger partial charge in [0.25, 0.3) is 0 Å². The molecular weight excluding hydrogens is 939 g/mol. The summed E-state index contributed by atoms with van der Waals surface area (Å²) in [5, 5.41) is 13.1. The molecule has 3 aliphatic carbocycles. The van der Waals surface area contributed by atoms with Crippen molar-refractivity contribution in [3.63, 3.8) is 0 Å². The van der Waals surface area contributed by atoms with E-state index in [0.29, 0.717) is 12.0 Å². The molecule has 0 saturated heterocycles. The molecule has 0 fully saturated rings. The van der Waals surface area contributed by atoms with Gasteiger partial charge in [0.15, 0.2) is 0 Å². The second-order valence-electron chi connectivity index (χ2n) is 21.0. The van der Waals surface area contributed by atoms with Crippen LogP contribution in [0.3, 0.4) is 0 Å². The summed E-state index contributed by atoms with van der Waals surface area (Å²) < 4.78 is 0. The first-order chi connectivity index (χ1) is 38.2. The molecule has 0 N–H and O–H groups in total. The van der Waals surface area contributed by atoms with E-state index in [4.69, 9.17) is 6.58 Å². The summed E-state index contributed by atoms with van der Waals surface area (Å²) >= 11 is 0. The predicted octanol–water partition coefficient (Wildman–Crippen LogP) is 21.7. The zero-order chi connectivity index (χ0) is 54.4. The van der Waals surface area contributed by atoms with E-state index in [2.05, 4.69) is 219 Å². The van der Waals surface area contributed by atoms with Crippen LogP contribution in [-0.2, 0) is 25.7 Å². The van der Waals surface area contributed by atoms with Gasteiger partial charge in [-0.25, -0.2) is 0 Å². The summed E-state index contributed by atoms with van der Waals surface area (Å²) in [6.07, 6.45) is 25.2. The number of rotatable bonds is 14. The van der Waals surface area contributed by atoms with Gasteiger partial charge in [-0.05, 0) is 233 Å². The predicted molar refractivity (Wildman–Crippen MR) is 339 cm³/mol. The van der Waals surface area contributed by atoms with E-state index >= 15 is 0 Å². The van der Waals surface area contributed by atoms with Gasteiger partial charge in [-0.2, -0.15) is 5.26 Å². The van der Waals surface area contributed by atoms with Crippen LogP contribution in [0.5, 0.6) is 0 Å². The minimum Gasteiger partial charge on any atom is -0.192 e. The van der Waals surface area contributed by atoms with Crippen molar-refractivity contribution in [3.05, 3.63) is 245 Å². The molecule has 1 nitrogen and oxygen atoms in total. The van der Waals surface area contributed by atoms with E-state index < -0.39 is 0 Å². The summed E-state index contributed by atoms with van der Waals surface area (Å²) in [4.78, 5) is 0. The SMILES string of the molecule is C=CCCC=CCc1c(-c2ccc3c(c2CC)C(C)C(=CC)c2ccc4c5c(ccc-3c25)-c2c(-c3ccccc3)c3c(c(C(C=C)=CC)c2-4)-c2cccc(C(C#N)=CC)c2CC3=C)cc(-c2ccccc2)c(CC)c1C=CC. The Bertz CT molecular complexity index is 4020. The van der Waals surface area contributed by atoms with Crippen LogP contribution in [0.2, 0.25) is 0 Å². The largest absolute Gasteiger partial charge is 0.192 e. The first-order valence-corrected chi connectivity index (χ1v) is 28.2. The second kappa shape index (κ2) is 21.5. The van der Waals surface area contributed by atoms with E-state index in [1.54, 1.807) is 0 Å². The van der Waals surface area contributed by atoms with Gasteiger partial charge in [0.1, 0.15) is 0 Å². The number of allylic oxidation sites excluding steroid dienone is 12. The van der Waals surface area contributed by atoms with E-state index in [1.807, 2.05) is 25.2 Å². The number of hydrogen-bond acceptors (Lipinski definition) is 1. The minimum atomic E-state index is 0.108. The van der Waals surface area contributed by atoms with E-state index in [-0.39, 0.29) is 5.92 Å². The average molecular weight is 1010 g/mol. The number of fused-ring (bicyclic) bond motifs is 8. The zero-order valence-electron chi connectivity index (χ0n) is 46.6. The Labute approximate surface area is 464 Å². The smallest absolute Gasteiger partial charge is 0.0994 e. The first kappa shape index (κ1) is 51.5. The first-order valence-electron chi connectivity index (χ1n) is 28.2. The molecule has 1 unspecified atom stereocenters. The fourth-order valence-electron chi connectivity index (χ4n) is 13.9. The molecule has 0 aromatic heterocycles. The van der Waals surface area contributed by atoms with Gasteiger partial charge in [-0.1, -0.05) is 204 Å². The van der Waals surface area contributed by atoms with Crippen LogP contribution in [0, 0.1) is 11.3 Å². The highest BCUT2D eigenvalue weighted by Crippen LogP contribution is 2.63. The Morgan fingerprint density at radius 2 is 1.26 bits per heavy atom. The van der Waals surface area contributed by atoms with Crippen molar-refractivity contribution in [3.8, 4) is 84.0 Å². The Morgan fingerprint density at radius 1 is 0.603 bits per heavy atom. The minimum absolute atomic E-state index is 0.108. The number of unbranched alkanes of at least 4 members (excludes halogenated alkanes) is 1. The van der Waals surface area contributed by atoms with Gasteiger partial charge in [-0.3, -0.25) is 0 Å². The summed E-state index contributed by atoms with van der Waals surface area (Å²) in [5.74, 6) is 0.108. The van der Waals surface area contributed by atoms with Crippen molar-refractivity contribution < 1.29 is 0 Å². The molecule has 3 aliphatic rings. The molecule has 1 atom stereocenters. The van der Waals surface area contributed by atoms with Crippen LogP contribution in [0.4, 0.5) is 0 Å². The molecule has 8 aromatic carbocycles. The van der Waals surface area contributed by atoms with Crippen LogP contribution < -0.4 is 0 Å². The maximum atomic E-state index is 10.4. The van der Waals surface area contributed by atoms with Gasteiger partial charge in [-0.15, -0.1) is 6.58 Å². The van der Waals surface area contributed by atoms with Crippen molar-refractivity contribution in [1.29, 1.82) is 5.26 Å². The highest BCUT2D eigenvalue weighted by atomic mass is 14.4. The number of nitriles is 1. The van der Waals surface area contributed by atoms with E-state index in [9.17, 15) is 5.26 Å². The standard InChI is InChI=1S/C77H69N/c1-11-19-20-21-28-35-58-57(30-12-2)54(17-7)66(51-31-24-22-25-32-51)45-68(58)59-38-39-62-63-41-43-65-74-64(42-40-61(73(63)74)53(16-6)48(10)70(62)55(59)18-8)76-71(49(13-3)14-4)75-60-37-29-36-56(50(15-5)46-78)67(60)44-47(9)69(75)72(77(65)76)52-33-26-23-27-34-52/h11-16,21-34,36-43,45,48H,1,3,9,17-20,35,44H2,2,4-8,10H3. The molecule has 8 aromatic rings. The quantitative estimate of drug-likeness (QED) is 0.0461. The number of nitrogens with zero attached hydrogens (tertiary/aromatic N) is 1. The van der Waals surface area contributed by atoms with Crippen LogP contribution in [-0.4, -0.2) is 0 Å². The number of hydrogen-bond donors (Lipinski definition) is 0. The van der Waals surface area contributed by atoms with Gasteiger partial charge in [0.05, 0.1) is 11.6 Å². The average Bonchev–Trinajstić information content (AvgIpc) is 3.34. The molecule has 1 heteroatoms. The van der Waals surface area contributed by atoms with E-state index in [1.165, 1.54) is 128 Å². The Hall–Kier alpha value is -8.57. The molecule has 0 amide bonds. The van der Waals surface area contributed by atoms with Gasteiger partial charge < -0.3 is 0 Å². The van der Waals surface area contributed by atoms with Crippen molar-refractivity contribution in [2.75, 3.05) is 0 Å². The fourth-order valence-corrected chi connectivity index (χ4v) is 13.9. The van der Waals surface area contributed by atoms with Gasteiger partial charge in [0.2, 0.25) is 0 Å². The third kappa shape index (κ3) is 8.04. The molecule has 0 heterocycles. The molecule has 0 saturated carbocycles. The molecule has 0 radical (unpaired) electrons. The molecule has 0 aliphatic heterocycles. The van der Waals surface area contributed by atoms with Crippen molar-refractivity contribution in [1.82, 2.24) is 0 Å². The Balaban J connectivity index is 1.23. The maximum Gasteiger partial charge on any atom is 0.0994 e. The van der Waals surface area contributed by atoms with E-state index in [0.717, 1.165) is 65.5 Å². The maximum absolute atomic E-state index is 10.4. The molecular formula is C77H69N. The lowest BCUT2D eigenvalue weighted by atomic mass is 9.71. The lowest BCUT2D eigenvalue weighted by Gasteiger charge is -2.32. The Kier molecular flexibility index (Phi) is 14.2. The fraction of sp³-hybridized carbons (Fsp3) is 0.182. The normalized spacial score (nSPS) is 14.9. The highest BCUT2D eigenvalue weighted by molar-refractivity contribution is 6.28. The summed E-state index contributed by atoms with van der Waals surface area (Å²) in [5.41, 5.74) is 34.3. The lowest BCUT2D eigenvalue weighted by Crippen LogP contribution is -2.11. The molecule has 0 bridgehead atoms. The molecule has 11 rings (SSSR count). The summed E-state index contributed by atoms with van der Waals surface area (Å²) in [6, 6.07) is 48.2. The summed E-state index contributed by atoms with van der Waals surface area (Å²) in [6.45, 7) is 29.0. The van der Waals surface area contributed by atoms with Crippen molar-refractivity contribution in [2.24, 2.45) is 0 Å².